The Bertz CT molecular complexity index is 577. The normalized spacial score (nSPS) is 36.5. The zero-order valence-corrected chi connectivity index (χ0v) is 17.4. The van der Waals surface area contributed by atoms with Crippen LogP contribution in [0.2, 0.25) is 0 Å². The molecule has 0 aliphatic heterocycles. The fraction of sp³-hybridized carbons (Fsp3) is 0.826. The first-order valence-electron chi connectivity index (χ1n) is 10.8. The number of unbranched alkanes of at least 4 members (excludes halogenated alkanes) is 1. The molecule has 0 spiro atoms. The van der Waals surface area contributed by atoms with Crippen molar-refractivity contribution >= 4 is 11.9 Å². The van der Waals surface area contributed by atoms with Gasteiger partial charge in [-0.3, -0.25) is 4.79 Å². The Labute approximate surface area is 164 Å². The van der Waals surface area contributed by atoms with Gasteiger partial charge in [-0.1, -0.05) is 26.8 Å². The van der Waals surface area contributed by atoms with Gasteiger partial charge in [-0.15, -0.1) is 0 Å². The molecule has 4 rings (SSSR count). The molecule has 0 N–H and O–H groups in total. The molecule has 0 heterocycles. The number of ether oxygens (including phenoxy) is 2. The highest BCUT2D eigenvalue weighted by Gasteiger charge is 2.62. The lowest BCUT2D eigenvalue weighted by Crippen LogP contribution is -2.62. The van der Waals surface area contributed by atoms with Crippen LogP contribution in [0, 0.1) is 23.2 Å². The minimum Gasteiger partial charge on any atom is -0.462 e. The second-order valence-corrected chi connectivity index (χ2v) is 9.71. The number of carbonyl (C=O) groups excluding carboxylic acids is 2. The molecule has 4 nitrogen and oxygen atoms in total. The summed E-state index contributed by atoms with van der Waals surface area (Å²) in [5.74, 6) is 1.39. The molecule has 0 aromatic carbocycles. The summed E-state index contributed by atoms with van der Waals surface area (Å²) >= 11 is 0. The third-order valence-electron chi connectivity index (χ3n) is 7.21. The molecule has 0 radical (unpaired) electrons. The lowest BCUT2D eigenvalue weighted by molar-refractivity contribution is -0.226. The van der Waals surface area contributed by atoms with Crippen molar-refractivity contribution in [3.63, 3.8) is 0 Å². The third kappa shape index (κ3) is 4.25. The second kappa shape index (κ2) is 7.97. The van der Waals surface area contributed by atoms with Crippen molar-refractivity contribution in [2.45, 2.75) is 90.6 Å². The van der Waals surface area contributed by atoms with Crippen LogP contribution in [-0.2, 0) is 19.1 Å². The van der Waals surface area contributed by atoms with Crippen molar-refractivity contribution in [1.29, 1.82) is 0 Å². The Morgan fingerprint density at radius 3 is 2.33 bits per heavy atom. The summed E-state index contributed by atoms with van der Waals surface area (Å²) in [4.78, 5) is 24.1. The minimum atomic E-state index is -0.392. The topological polar surface area (TPSA) is 52.6 Å². The maximum Gasteiger partial charge on any atom is 0.333 e. The lowest BCUT2D eigenvalue weighted by Gasteiger charge is -2.64. The van der Waals surface area contributed by atoms with Crippen LogP contribution in [0.3, 0.4) is 0 Å². The van der Waals surface area contributed by atoms with Crippen LogP contribution in [0.1, 0.15) is 85.0 Å². The number of hydrogen-bond donors (Lipinski definition) is 0. The van der Waals surface area contributed by atoms with E-state index < -0.39 is 5.97 Å². The van der Waals surface area contributed by atoms with Gasteiger partial charge in [0, 0.05) is 12.0 Å². The van der Waals surface area contributed by atoms with Crippen molar-refractivity contribution in [1.82, 2.24) is 0 Å². The largest absolute Gasteiger partial charge is 0.462 e. The van der Waals surface area contributed by atoms with E-state index in [4.69, 9.17) is 9.47 Å². The third-order valence-corrected chi connectivity index (χ3v) is 7.21. The molecule has 4 saturated carbocycles. The zero-order valence-electron chi connectivity index (χ0n) is 17.4. The second-order valence-electron chi connectivity index (χ2n) is 9.71. The molecule has 4 aliphatic carbocycles. The Hall–Kier alpha value is -1.32. The van der Waals surface area contributed by atoms with E-state index in [2.05, 4.69) is 20.4 Å². The molecule has 4 bridgehead atoms. The molecule has 2 unspecified atom stereocenters. The first kappa shape index (κ1) is 20.4. The van der Waals surface area contributed by atoms with Gasteiger partial charge in [0.1, 0.15) is 5.60 Å². The Morgan fingerprint density at radius 2 is 1.78 bits per heavy atom. The van der Waals surface area contributed by atoms with E-state index in [-0.39, 0.29) is 18.2 Å². The smallest absolute Gasteiger partial charge is 0.333 e. The van der Waals surface area contributed by atoms with Crippen molar-refractivity contribution in [3.05, 3.63) is 12.2 Å². The van der Waals surface area contributed by atoms with Gasteiger partial charge in [0.15, 0.2) is 0 Å². The van der Waals surface area contributed by atoms with Gasteiger partial charge in [-0.2, -0.15) is 0 Å². The first-order valence-corrected chi connectivity index (χ1v) is 10.8. The summed E-state index contributed by atoms with van der Waals surface area (Å²) in [7, 11) is 0. The molecule has 0 aromatic heterocycles. The number of carbonyl (C=O) groups is 2. The van der Waals surface area contributed by atoms with Crippen LogP contribution in [0.5, 0.6) is 0 Å². The highest BCUT2D eigenvalue weighted by molar-refractivity contribution is 5.86. The van der Waals surface area contributed by atoms with Gasteiger partial charge in [-0.25, -0.2) is 4.79 Å². The first-order chi connectivity index (χ1) is 12.8. The van der Waals surface area contributed by atoms with E-state index in [1.807, 2.05) is 0 Å². The molecule has 4 aliphatic rings. The maximum absolute atomic E-state index is 12.7. The molecular weight excluding hydrogens is 340 g/mol. The summed E-state index contributed by atoms with van der Waals surface area (Å²) in [6, 6.07) is 0. The van der Waals surface area contributed by atoms with Gasteiger partial charge in [-0.05, 0) is 81.5 Å². The van der Waals surface area contributed by atoms with Crippen LogP contribution in [0.4, 0.5) is 0 Å². The molecule has 4 fully saturated rings. The monoisotopic (exact) mass is 376 g/mol. The number of esters is 2. The summed E-state index contributed by atoms with van der Waals surface area (Å²) in [5, 5.41) is 0. The van der Waals surface area contributed by atoms with E-state index in [9.17, 15) is 9.59 Å². The fourth-order valence-electron chi connectivity index (χ4n) is 6.30. The highest BCUT2D eigenvalue weighted by Crippen LogP contribution is 2.65. The summed E-state index contributed by atoms with van der Waals surface area (Å²) < 4.78 is 11.4. The quantitative estimate of drug-likeness (QED) is 0.315. The van der Waals surface area contributed by atoms with Crippen LogP contribution < -0.4 is 0 Å². The van der Waals surface area contributed by atoms with E-state index in [1.54, 1.807) is 6.92 Å². The lowest BCUT2D eigenvalue weighted by atomic mass is 9.44. The van der Waals surface area contributed by atoms with Crippen LogP contribution in [-0.4, -0.2) is 24.1 Å². The molecule has 4 heteroatoms. The van der Waals surface area contributed by atoms with Gasteiger partial charge in [0.25, 0.3) is 0 Å². The fourth-order valence-corrected chi connectivity index (χ4v) is 6.30. The van der Waals surface area contributed by atoms with Gasteiger partial charge in [0.05, 0.1) is 6.61 Å². The van der Waals surface area contributed by atoms with Crippen molar-refractivity contribution < 1.29 is 19.1 Å². The van der Waals surface area contributed by atoms with Gasteiger partial charge in [0.2, 0.25) is 0 Å². The summed E-state index contributed by atoms with van der Waals surface area (Å²) in [5.41, 5.74) is 0.617. The van der Waals surface area contributed by atoms with Gasteiger partial charge >= 0.3 is 11.9 Å². The predicted octanol–water partition coefficient (Wildman–Crippen LogP) is 5.20. The van der Waals surface area contributed by atoms with Crippen LogP contribution in [0.15, 0.2) is 12.2 Å². The summed E-state index contributed by atoms with van der Waals surface area (Å²) in [6.07, 6.45) is 10.4. The van der Waals surface area contributed by atoms with Gasteiger partial charge < -0.3 is 9.47 Å². The highest BCUT2D eigenvalue weighted by atomic mass is 16.6. The van der Waals surface area contributed by atoms with E-state index in [0.29, 0.717) is 35.7 Å². The average molecular weight is 377 g/mol. The molecular formula is C23H36O4. The Morgan fingerprint density at radius 1 is 1.11 bits per heavy atom. The zero-order chi connectivity index (χ0) is 19.7. The minimum absolute atomic E-state index is 0.116. The van der Waals surface area contributed by atoms with Crippen LogP contribution in [0.25, 0.3) is 0 Å². The summed E-state index contributed by atoms with van der Waals surface area (Å²) in [6.45, 7) is 10.1. The average Bonchev–Trinajstić information content (AvgIpc) is 2.59. The van der Waals surface area contributed by atoms with E-state index in [1.165, 1.54) is 32.1 Å². The Balaban J connectivity index is 1.60. The maximum atomic E-state index is 12.7. The SMILES string of the molecule is C=C(C)C(=O)OCCCC(=O)OC1(CCCC)C2CC3CC1CC(C)(C3)C2. The molecule has 2 atom stereocenters. The van der Waals surface area contributed by atoms with Crippen LogP contribution >= 0.6 is 0 Å². The Kier molecular flexibility index (Phi) is 6.02. The van der Waals surface area contributed by atoms with Crippen molar-refractivity contribution in [2.24, 2.45) is 23.2 Å². The number of hydrogen-bond acceptors (Lipinski definition) is 4. The van der Waals surface area contributed by atoms with Crippen molar-refractivity contribution in [2.75, 3.05) is 6.61 Å². The van der Waals surface area contributed by atoms with Crippen molar-refractivity contribution in [3.8, 4) is 0 Å². The number of rotatable bonds is 9. The molecule has 0 saturated heterocycles. The molecule has 0 aromatic rings. The molecule has 0 amide bonds. The standard InChI is InChI=1S/C23H36O4/c1-5-6-9-23(27-20(24)8-7-10-26-21(25)16(2)3)18-11-17-12-19(23)15-22(4,13-17)14-18/h17-19H,2,5-15H2,1,3-4H3. The molecule has 152 valence electrons. The molecule has 27 heavy (non-hydrogen) atoms. The van der Waals surface area contributed by atoms with E-state index >= 15 is 0 Å². The predicted molar refractivity (Wildman–Crippen MR) is 105 cm³/mol. The van der Waals surface area contributed by atoms with E-state index in [0.717, 1.165) is 25.2 Å².